The maximum atomic E-state index is 13.0. The van der Waals surface area contributed by atoms with Crippen LogP contribution in [0.15, 0.2) is 24.3 Å². The van der Waals surface area contributed by atoms with Crippen LogP contribution in [0.5, 0.6) is 0 Å². The monoisotopic (exact) mass is 414 g/mol. The number of carbonyl (C=O) groups is 2. The van der Waals surface area contributed by atoms with Crippen molar-refractivity contribution < 1.29 is 28.7 Å². The SMILES string of the molecule is COC(=O)c1c(C)nc(C)c(C(=O)OCC2CCCO2)c1-c1ccccc1[N+](=O)[O-]. The van der Waals surface area contributed by atoms with E-state index < -0.39 is 16.9 Å². The molecule has 3 rings (SSSR count). The van der Waals surface area contributed by atoms with Crippen LogP contribution in [0.3, 0.4) is 0 Å². The molecule has 0 spiro atoms. The molecular weight excluding hydrogens is 392 g/mol. The van der Waals surface area contributed by atoms with Crippen LogP contribution in [0.25, 0.3) is 11.1 Å². The van der Waals surface area contributed by atoms with Gasteiger partial charge in [-0.2, -0.15) is 0 Å². The second-order valence-corrected chi connectivity index (χ2v) is 6.91. The van der Waals surface area contributed by atoms with Gasteiger partial charge in [-0.1, -0.05) is 12.1 Å². The number of aromatic nitrogens is 1. The minimum Gasteiger partial charge on any atom is -0.465 e. The number of hydrogen-bond donors (Lipinski definition) is 0. The maximum absolute atomic E-state index is 13.0. The molecule has 0 bridgehead atoms. The molecule has 9 heteroatoms. The summed E-state index contributed by atoms with van der Waals surface area (Å²) >= 11 is 0. The highest BCUT2D eigenvalue weighted by Gasteiger charge is 2.31. The molecule has 0 aliphatic carbocycles. The van der Waals surface area contributed by atoms with E-state index in [-0.39, 0.29) is 40.7 Å². The molecule has 0 radical (unpaired) electrons. The molecule has 158 valence electrons. The molecule has 9 nitrogen and oxygen atoms in total. The van der Waals surface area contributed by atoms with Crippen LogP contribution < -0.4 is 0 Å². The van der Waals surface area contributed by atoms with E-state index in [2.05, 4.69) is 4.98 Å². The summed E-state index contributed by atoms with van der Waals surface area (Å²) in [6.07, 6.45) is 1.48. The lowest BCUT2D eigenvalue weighted by Gasteiger charge is -2.18. The normalized spacial score (nSPS) is 15.6. The van der Waals surface area contributed by atoms with Crippen molar-refractivity contribution in [3.8, 4) is 11.1 Å². The van der Waals surface area contributed by atoms with Crippen LogP contribution in [0, 0.1) is 24.0 Å². The van der Waals surface area contributed by atoms with Gasteiger partial charge in [-0.05, 0) is 32.8 Å². The van der Waals surface area contributed by atoms with E-state index >= 15 is 0 Å². The minimum absolute atomic E-state index is 0.00621. The largest absolute Gasteiger partial charge is 0.465 e. The van der Waals surface area contributed by atoms with E-state index in [1.54, 1.807) is 19.9 Å². The predicted octanol–water partition coefficient (Wildman–Crippen LogP) is 3.40. The molecule has 1 unspecified atom stereocenters. The van der Waals surface area contributed by atoms with Crippen molar-refractivity contribution in [3.63, 3.8) is 0 Å². The number of esters is 2. The molecule has 0 N–H and O–H groups in total. The molecule has 1 aliphatic rings. The summed E-state index contributed by atoms with van der Waals surface area (Å²) in [6, 6.07) is 5.89. The summed E-state index contributed by atoms with van der Waals surface area (Å²) < 4.78 is 15.8. The van der Waals surface area contributed by atoms with Gasteiger partial charge >= 0.3 is 11.9 Å². The Kier molecular flexibility index (Phi) is 6.41. The molecule has 2 aromatic rings. The molecule has 30 heavy (non-hydrogen) atoms. The summed E-state index contributed by atoms with van der Waals surface area (Å²) in [6.45, 7) is 3.84. The van der Waals surface area contributed by atoms with Crippen molar-refractivity contribution in [2.75, 3.05) is 20.3 Å². The zero-order valence-corrected chi connectivity index (χ0v) is 17.0. The molecule has 0 saturated carbocycles. The first-order valence-electron chi connectivity index (χ1n) is 9.47. The quantitative estimate of drug-likeness (QED) is 0.401. The minimum atomic E-state index is -0.749. The van der Waals surface area contributed by atoms with Crippen LogP contribution in [-0.2, 0) is 14.2 Å². The number of rotatable bonds is 6. The molecule has 2 heterocycles. The first-order chi connectivity index (χ1) is 14.3. The second-order valence-electron chi connectivity index (χ2n) is 6.91. The average molecular weight is 414 g/mol. The molecule has 1 atom stereocenters. The van der Waals surface area contributed by atoms with Gasteiger partial charge < -0.3 is 14.2 Å². The zero-order chi connectivity index (χ0) is 21.8. The fourth-order valence-corrected chi connectivity index (χ4v) is 3.58. The van der Waals surface area contributed by atoms with Gasteiger partial charge in [0.15, 0.2) is 0 Å². The Bertz CT molecular complexity index is 997. The van der Waals surface area contributed by atoms with Gasteiger partial charge in [0.25, 0.3) is 5.69 Å². The molecule has 0 amide bonds. The van der Waals surface area contributed by atoms with Gasteiger partial charge in [-0.25, -0.2) is 9.59 Å². The Morgan fingerprint density at radius 1 is 1.20 bits per heavy atom. The summed E-state index contributed by atoms with van der Waals surface area (Å²) in [5.41, 5.74) is 0.515. The Morgan fingerprint density at radius 2 is 1.87 bits per heavy atom. The molecular formula is C21H22N2O7. The van der Waals surface area contributed by atoms with Crippen LogP contribution in [0.4, 0.5) is 5.69 Å². The fourth-order valence-electron chi connectivity index (χ4n) is 3.58. The lowest BCUT2D eigenvalue weighted by atomic mass is 9.91. The van der Waals surface area contributed by atoms with E-state index in [0.29, 0.717) is 18.0 Å². The number of pyridine rings is 1. The van der Waals surface area contributed by atoms with E-state index in [4.69, 9.17) is 14.2 Å². The van der Waals surface area contributed by atoms with Crippen LogP contribution in [0.2, 0.25) is 0 Å². The fraction of sp³-hybridized carbons (Fsp3) is 0.381. The number of nitrogens with zero attached hydrogens (tertiary/aromatic N) is 2. The highest BCUT2D eigenvalue weighted by molar-refractivity contribution is 6.08. The Morgan fingerprint density at radius 3 is 2.47 bits per heavy atom. The van der Waals surface area contributed by atoms with Gasteiger partial charge in [0.1, 0.15) is 6.61 Å². The predicted molar refractivity (Wildman–Crippen MR) is 106 cm³/mol. The first kappa shape index (κ1) is 21.4. The van der Waals surface area contributed by atoms with E-state index in [0.717, 1.165) is 12.8 Å². The summed E-state index contributed by atoms with van der Waals surface area (Å²) in [5.74, 6) is -1.48. The summed E-state index contributed by atoms with van der Waals surface area (Å²) in [5, 5.41) is 11.6. The van der Waals surface area contributed by atoms with Crippen molar-refractivity contribution in [3.05, 3.63) is 56.9 Å². The number of nitro groups is 1. The number of aryl methyl sites for hydroxylation is 2. The highest BCUT2D eigenvalue weighted by atomic mass is 16.6. The van der Waals surface area contributed by atoms with E-state index in [9.17, 15) is 19.7 Å². The van der Waals surface area contributed by atoms with Crippen LogP contribution in [0.1, 0.15) is 44.9 Å². The van der Waals surface area contributed by atoms with Crippen molar-refractivity contribution in [2.24, 2.45) is 0 Å². The number of ether oxygens (including phenoxy) is 3. The standard InChI is InChI=1S/C21H22N2O7/c1-12-17(20(24)28-3)19(15-8-4-5-9-16(15)23(26)27)18(13(2)22-12)21(25)30-11-14-7-6-10-29-14/h4-5,8-9,14H,6-7,10-11H2,1-3H3. The smallest absolute Gasteiger partial charge is 0.340 e. The van der Waals surface area contributed by atoms with Crippen LogP contribution >= 0.6 is 0 Å². The Hall–Kier alpha value is -3.33. The number of benzene rings is 1. The van der Waals surface area contributed by atoms with Gasteiger partial charge in [-0.15, -0.1) is 0 Å². The summed E-state index contributed by atoms with van der Waals surface area (Å²) in [7, 11) is 1.19. The van der Waals surface area contributed by atoms with Crippen molar-refractivity contribution in [1.29, 1.82) is 0 Å². The Balaban J connectivity index is 2.20. The molecule has 1 aromatic carbocycles. The van der Waals surface area contributed by atoms with Crippen molar-refractivity contribution in [1.82, 2.24) is 4.98 Å². The van der Waals surface area contributed by atoms with Crippen molar-refractivity contribution >= 4 is 17.6 Å². The Labute approximate surface area is 173 Å². The third kappa shape index (κ3) is 4.16. The lowest BCUT2D eigenvalue weighted by molar-refractivity contribution is -0.384. The number of carbonyl (C=O) groups excluding carboxylic acids is 2. The average Bonchev–Trinajstić information content (AvgIpc) is 3.24. The van der Waals surface area contributed by atoms with Gasteiger partial charge in [-0.3, -0.25) is 15.1 Å². The third-order valence-electron chi connectivity index (χ3n) is 4.95. The number of nitro benzene ring substituents is 1. The number of methoxy groups -OCH3 is 1. The molecule has 1 saturated heterocycles. The van der Waals surface area contributed by atoms with Crippen LogP contribution in [-0.4, -0.2) is 48.3 Å². The van der Waals surface area contributed by atoms with Crippen molar-refractivity contribution in [2.45, 2.75) is 32.8 Å². The third-order valence-corrected chi connectivity index (χ3v) is 4.95. The molecule has 1 aliphatic heterocycles. The highest BCUT2D eigenvalue weighted by Crippen LogP contribution is 2.37. The lowest BCUT2D eigenvalue weighted by Crippen LogP contribution is -2.21. The molecule has 1 aromatic heterocycles. The number of hydrogen-bond acceptors (Lipinski definition) is 8. The number of para-hydroxylation sites is 1. The first-order valence-corrected chi connectivity index (χ1v) is 9.47. The maximum Gasteiger partial charge on any atom is 0.340 e. The topological polar surface area (TPSA) is 118 Å². The van der Waals surface area contributed by atoms with Gasteiger partial charge in [0, 0.05) is 18.2 Å². The molecule has 1 fully saturated rings. The second kappa shape index (κ2) is 9.00. The van der Waals surface area contributed by atoms with Gasteiger partial charge in [0.05, 0.1) is 46.2 Å². The van der Waals surface area contributed by atoms with E-state index in [1.165, 1.54) is 25.3 Å². The zero-order valence-electron chi connectivity index (χ0n) is 17.0. The summed E-state index contributed by atoms with van der Waals surface area (Å²) in [4.78, 5) is 41.0. The van der Waals surface area contributed by atoms with E-state index in [1.807, 2.05) is 0 Å². The van der Waals surface area contributed by atoms with Gasteiger partial charge in [0.2, 0.25) is 0 Å².